The molecule has 0 radical (unpaired) electrons. The summed E-state index contributed by atoms with van der Waals surface area (Å²) in [6.07, 6.45) is 6.08. The van der Waals surface area contributed by atoms with E-state index < -0.39 is 5.97 Å². The number of aromatic carboxylic acids is 1. The number of pyridine rings is 1. The van der Waals surface area contributed by atoms with E-state index in [0.29, 0.717) is 12.5 Å². The van der Waals surface area contributed by atoms with E-state index >= 15 is 0 Å². The van der Waals surface area contributed by atoms with E-state index in [1.54, 1.807) is 24.5 Å². The minimum Gasteiger partial charge on any atom is -0.478 e. The summed E-state index contributed by atoms with van der Waals surface area (Å²) in [6.45, 7) is 0.645. The molecule has 0 fully saturated rings. The first-order chi connectivity index (χ1) is 13.2. The van der Waals surface area contributed by atoms with Gasteiger partial charge in [-0.25, -0.2) is 19.7 Å². The van der Waals surface area contributed by atoms with E-state index in [-0.39, 0.29) is 5.56 Å². The number of anilines is 1. The standard InChI is InChI=1S/C20H17N5O2/c26-19(27)14-3-1-13(2-4-14)5-9-23-20-24-12-8-17(25-20)15-6-10-21-18-16(15)7-11-22-18/h1-4,6-8,10-12H,5,9H2,(H,21,22)(H,26,27)(H,23,24,25). The zero-order chi connectivity index (χ0) is 18.6. The molecule has 7 heteroatoms. The fourth-order valence-corrected chi connectivity index (χ4v) is 2.91. The van der Waals surface area contributed by atoms with Gasteiger partial charge in [-0.15, -0.1) is 0 Å². The van der Waals surface area contributed by atoms with Gasteiger partial charge in [-0.1, -0.05) is 12.1 Å². The number of carboxylic acids is 1. The van der Waals surface area contributed by atoms with Gasteiger partial charge in [0.1, 0.15) is 5.65 Å². The first kappa shape index (κ1) is 16.7. The fourth-order valence-electron chi connectivity index (χ4n) is 2.91. The number of nitrogens with one attached hydrogen (secondary N) is 2. The van der Waals surface area contributed by atoms with Crippen LogP contribution in [0.4, 0.5) is 5.95 Å². The summed E-state index contributed by atoms with van der Waals surface area (Å²) in [5.74, 6) is -0.368. The van der Waals surface area contributed by atoms with Crippen LogP contribution < -0.4 is 5.32 Å². The summed E-state index contributed by atoms with van der Waals surface area (Å²) in [5.41, 5.74) is 3.98. The monoisotopic (exact) mass is 359 g/mol. The summed E-state index contributed by atoms with van der Waals surface area (Å²) in [7, 11) is 0. The highest BCUT2D eigenvalue weighted by Gasteiger charge is 2.08. The molecular formula is C20H17N5O2. The number of H-pyrrole nitrogens is 1. The summed E-state index contributed by atoms with van der Waals surface area (Å²) in [6, 6.07) is 12.7. The molecule has 0 aliphatic carbocycles. The SMILES string of the molecule is O=C(O)c1ccc(CCNc2nccc(-c3ccnc4[nH]ccc34)n2)cc1. The molecule has 3 N–H and O–H groups in total. The Morgan fingerprint density at radius 2 is 1.85 bits per heavy atom. The Morgan fingerprint density at radius 1 is 1.04 bits per heavy atom. The smallest absolute Gasteiger partial charge is 0.335 e. The van der Waals surface area contributed by atoms with Gasteiger partial charge < -0.3 is 15.4 Å². The molecule has 7 nitrogen and oxygen atoms in total. The number of aromatic amines is 1. The van der Waals surface area contributed by atoms with Crippen LogP contribution >= 0.6 is 0 Å². The van der Waals surface area contributed by atoms with Gasteiger partial charge in [0.05, 0.1) is 11.3 Å². The van der Waals surface area contributed by atoms with Crippen molar-refractivity contribution in [2.75, 3.05) is 11.9 Å². The van der Waals surface area contributed by atoms with Crippen molar-refractivity contribution in [3.63, 3.8) is 0 Å². The highest BCUT2D eigenvalue weighted by molar-refractivity contribution is 5.91. The van der Waals surface area contributed by atoms with Crippen molar-refractivity contribution in [2.45, 2.75) is 6.42 Å². The molecule has 3 aromatic heterocycles. The van der Waals surface area contributed by atoms with Crippen LogP contribution in [0, 0.1) is 0 Å². The quantitative estimate of drug-likeness (QED) is 0.488. The Bertz CT molecular complexity index is 1090. The highest BCUT2D eigenvalue weighted by atomic mass is 16.4. The van der Waals surface area contributed by atoms with Gasteiger partial charge in [-0.3, -0.25) is 0 Å². The van der Waals surface area contributed by atoms with E-state index in [2.05, 4.69) is 25.3 Å². The van der Waals surface area contributed by atoms with Gasteiger partial charge >= 0.3 is 5.97 Å². The number of rotatable bonds is 6. The summed E-state index contributed by atoms with van der Waals surface area (Å²) in [4.78, 5) is 27.2. The molecule has 0 atom stereocenters. The molecule has 0 saturated carbocycles. The molecule has 0 saturated heterocycles. The van der Waals surface area contributed by atoms with Crippen molar-refractivity contribution in [1.82, 2.24) is 19.9 Å². The van der Waals surface area contributed by atoms with E-state index in [0.717, 1.165) is 34.3 Å². The van der Waals surface area contributed by atoms with Gasteiger partial charge in [-0.2, -0.15) is 0 Å². The lowest BCUT2D eigenvalue weighted by Crippen LogP contribution is -2.08. The van der Waals surface area contributed by atoms with E-state index in [9.17, 15) is 4.79 Å². The number of hydrogen-bond donors (Lipinski definition) is 3. The molecule has 4 aromatic rings. The van der Waals surface area contributed by atoms with Crippen molar-refractivity contribution in [2.24, 2.45) is 0 Å². The largest absolute Gasteiger partial charge is 0.478 e. The van der Waals surface area contributed by atoms with Crippen molar-refractivity contribution in [3.05, 3.63) is 72.2 Å². The number of fused-ring (bicyclic) bond motifs is 1. The van der Waals surface area contributed by atoms with Gasteiger partial charge in [0.2, 0.25) is 5.95 Å². The Hall–Kier alpha value is -3.74. The number of nitrogens with zero attached hydrogens (tertiary/aromatic N) is 3. The average Bonchev–Trinajstić information content (AvgIpc) is 3.17. The second-order valence-corrected chi connectivity index (χ2v) is 6.04. The number of aromatic nitrogens is 4. The van der Waals surface area contributed by atoms with Crippen molar-refractivity contribution < 1.29 is 9.90 Å². The predicted octanol–water partition coefficient (Wildman–Crippen LogP) is 3.37. The van der Waals surface area contributed by atoms with Crippen LogP contribution in [0.1, 0.15) is 15.9 Å². The first-order valence-corrected chi connectivity index (χ1v) is 8.52. The topological polar surface area (TPSA) is 104 Å². The predicted molar refractivity (Wildman–Crippen MR) is 103 cm³/mol. The molecule has 0 aliphatic rings. The minimum atomic E-state index is -0.919. The number of carbonyl (C=O) groups is 1. The molecule has 0 aliphatic heterocycles. The summed E-state index contributed by atoms with van der Waals surface area (Å²) < 4.78 is 0. The average molecular weight is 359 g/mol. The normalized spacial score (nSPS) is 10.8. The maximum atomic E-state index is 10.9. The maximum absolute atomic E-state index is 10.9. The molecule has 1 aromatic carbocycles. The third-order valence-electron chi connectivity index (χ3n) is 4.29. The van der Waals surface area contributed by atoms with Gasteiger partial charge in [-0.05, 0) is 42.3 Å². The summed E-state index contributed by atoms with van der Waals surface area (Å²) >= 11 is 0. The van der Waals surface area contributed by atoms with Crippen molar-refractivity contribution in [1.29, 1.82) is 0 Å². The van der Waals surface area contributed by atoms with E-state index in [1.807, 2.05) is 36.5 Å². The Morgan fingerprint density at radius 3 is 2.67 bits per heavy atom. The fraction of sp³-hybridized carbons (Fsp3) is 0.100. The molecule has 0 amide bonds. The van der Waals surface area contributed by atoms with Crippen LogP contribution in [0.5, 0.6) is 0 Å². The molecule has 0 unspecified atom stereocenters. The lowest BCUT2D eigenvalue weighted by molar-refractivity contribution is 0.0697. The zero-order valence-corrected chi connectivity index (χ0v) is 14.4. The van der Waals surface area contributed by atoms with E-state index in [1.165, 1.54) is 0 Å². The summed E-state index contributed by atoms with van der Waals surface area (Å²) in [5, 5.41) is 13.2. The van der Waals surface area contributed by atoms with Crippen LogP contribution in [0.3, 0.4) is 0 Å². The minimum absolute atomic E-state index is 0.288. The zero-order valence-electron chi connectivity index (χ0n) is 14.4. The van der Waals surface area contributed by atoms with Crippen LogP contribution in [-0.2, 0) is 6.42 Å². The Labute approximate surface area is 155 Å². The van der Waals surface area contributed by atoms with Crippen LogP contribution in [0.15, 0.2) is 61.1 Å². The molecule has 3 heterocycles. The Balaban J connectivity index is 1.45. The first-order valence-electron chi connectivity index (χ1n) is 8.52. The third-order valence-corrected chi connectivity index (χ3v) is 4.29. The number of carboxylic acid groups (broad SMARTS) is 1. The van der Waals surface area contributed by atoms with Crippen LogP contribution in [0.25, 0.3) is 22.3 Å². The lowest BCUT2D eigenvalue weighted by Gasteiger charge is -2.08. The molecule has 0 spiro atoms. The van der Waals surface area contributed by atoms with Crippen molar-refractivity contribution in [3.8, 4) is 11.3 Å². The van der Waals surface area contributed by atoms with Gasteiger partial charge in [0.15, 0.2) is 0 Å². The lowest BCUT2D eigenvalue weighted by atomic mass is 10.1. The number of hydrogen-bond acceptors (Lipinski definition) is 5. The molecule has 4 rings (SSSR count). The van der Waals surface area contributed by atoms with Crippen molar-refractivity contribution >= 4 is 23.0 Å². The van der Waals surface area contributed by atoms with Crippen LogP contribution in [0.2, 0.25) is 0 Å². The third kappa shape index (κ3) is 3.62. The highest BCUT2D eigenvalue weighted by Crippen LogP contribution is 2.25. The number of benzene rings is 1. The maximum Gasteiger partial charge on any atom is 0.335 e. The second kappa shape index (κ2) is 7.25. The van der Waals surface area contributed by atoms with Gasteiger partial charge in [0, 0.05) is 36.1 Å². The van der Waals surface area contributed by atoms with E-state index in [4.69, 9.17) is 5.11 Å². The van der Waals surface area contributed by atoms with Crippen LogP contribution in [-0.4, -0.2) is 37.6 Å². The molecule has 27 heavy (non-hydrogen) atoms. The molecular weight excluding hydrogens is 342 g/mol. The molecule has 0 bridgehead atoms. The Kier molecular flexibility index (Phi) is 4.49. The second-order valence-electron chi connectivity index (χ2n) is 6.04. The van der Waals surface area contributed by atoms with Gasteiger partial charge in [0.25, 0.3) is 0 Å². The molecule has 134 valence electrons.